The monoisotopic (exact) mass is 436 g/mol. The molecule has 1 aliphatic heterocycles. The fraction of sp³-hybridized carbons (Fsp3) is 0.167. The number of anilines is 2. The molecule has 0 saturated carbocycles. The van der Waals surface area contributed by atoms with Crippen molar-refractivity contribution in [1.82, 2.24) is 0 Å². The number of hydrogen-bond acceptors (Lipinski definition) is 3. The van der Waals surface area contributed by atoms with Gasteiger partial charge < -0.3 is 10.2 Å². The van der Waals surface area contributed by atoms with Crippen LogP contribution in [0.15, 0.2) is 71.6 Å². The molecule has 4 nitrogen and oxygen atoms in total. The maximum absolute atomic E-state index is 13.0. The number of aryl methyl sites for hydroxylation is 1. The Morgan fingerprint density at radius 2 is 1.83 bits per heavy atom. The summed E-state index contributed by atoms with van der Waals surface area (Å²) in [6.07, 6.45) is 3.68. The first-order chi connectivity index (χ1) is 14.5. The third kappa shape index (κ3) is 4.37. The van der Waals surface area contributed by atoms with Crippen LogP contribution in [0.1, 0.15) is 32.7 Å². The largest absolute Gasteiger partial charge is 0.322 e. The number of nitrogens with one attached hydrogen (secondary N) is 1. The Labute approximate surface area is 185 Å². The van der Waals surface area contributed by atoms with Gasteiger partial charge in [0.05, 0.1) is 0 Å². The van der Waals surface area contributed by atoms with Gasteiger partial charge >= 0.3 is 0 Å². The number of nitrogens with zero attached hydrogens (tertiary/aromatic N) is 1. The summed E-state index contributed by atoms with van der Waals surface area (Å²) >= 11 is 7.68. The van der Waals surface area contributed by atoms with Crippen LogP contribution in [0.3, 0.4) is 0 Å². The molecular weight excluding hydrogens is 416 g/mol. The number of carbonyl (C=O) groups excluding carboxylic acids is 2. The lowest BCUT2D eigenvalue weighted by molar-refractivity contribution is 0.0984. The van der Waals surface area contributed by atoms with Crippen molar-refractivity contribution in [2.24, 2.45) is 0 Å². The average molecular weight is 437 g/mol. The Morgan fingerprint density at radius 3 is 2.63 bits per heavy atom. The smallest absolute Gasteiger partial charge is 0.258 e. The topological polar surface area (TPSA) is 49.4 Å². The third-order valence-electron chi connectivity index (χ3n) is 5.10. The van der Waals surface area contributed by atoms with E-state index in [1.165, 1.54) is 0 Å². The summed E-state index contributed by atoms with van der Waals surface area (Å²) in [6.45, 7) is 0.644. The fourth-order valence-corrected chi connectivity index (χ4v) is 4.28. The Kier molecular flexibility index (Phi) is 6.11. The first-order valence-electron chi connectivity index (χ1n) is 9.71. The zero-order valence-corrected chi connectivity index (χ0v) is 18.1. The maximum Gasteiger partial charge on any atom is 0.258 e. The molecule has 0 bridgehead atoms. The number of benzene rings is 3. The Bertz CT molecular complexity index is 1120. The lowest BCUT2D eigenvalue weighted by atomic mass is 9.98. The van der Waals surface area contributed by atoms with Crippen LogP contribution in [-0.4, -0.2) is 24.6 Å². The highest BCUT2D eigenvalue weighted by molar-refractivity contribution is 7.98. The van der Waals surface area contributed by atoms with Gasteiger partial charge in [0.2, 0.25) is 0 Å². The van der Waals surface area contributed by atoms with Crippen molar-refractivity contribution >= 4 is 46.6 Å². The summed E-state index contributed by atoms with van der Waals surface area (Å²) in [5, 5.41) is 3.50. The average Bonchev–Trinajstić information content (AvgIpc) is 2.78. The number of hydrogen-bond donors (Lipinski definition) is 1. The molecule has 1 N–H and O–H groups in total. The zero-order chi connectivity index (χ0) is 21.1. The van der Waals surface area contributed by atoms with Crippen molar-refractivity contribution in [3.05, 3.63) is 88.4 Å². The van der Waals surface area contributed by atoms with Gasteiger partial charge in [-0.2, -0.15) is 0 Å². The van der Waals surface area contributed by atoms with E-state index in [0.29, 0.717) is 22.7 Å². The lowest BCUT2D eigenvalue weighted by Gasteiger charge is -2.30. The standard InChI is InChI=1S/C24H21ClN2O2S/c1-30-21-9-3-8-20(15-21)26-23(28)17-10-11-22-16(13-17)6-4-12-27(22)24(29)18-5-2-7-19(25)14-18/h2-3,5,7-11,13-15H,4,6,12H2,1H3,(H,26,28). The van der Waals surface area contributed by atoms with Gasteiger partial charge in [-0.15, -0.1) is 11.8 Å². The van der Waals surface area contributed by atoms with Gasteiger partial charge in [0.25, 0.3) is 11.8 Å². The van der Waals surface area contributed by atoms with Crippen LogP contribution in [0.4, 0.5) is 11.4 Å². The van der Waals surface area contributed by atoms with Crippen LogP contribution in [-0.2, 0) is 6.42 Å². The second kappa shape index (κ2) is 8.94. The van der Waals surface area contributed by atoms with Gasteiger partial charge in [-0.05, 0) is 79.3 Å². The predicted octanol–water partition coefficient (Wildman–Crippen LogP) is 5.91. The van der Waals surface area contributed by atoms with Crippen LogP contribution in [0.25, 0.3) is 0 Å². The molecule has 0 aliphatic carbocycles. The molecule has 0 atom stereocenters. The molecule has 0 saturated heterocycles. The minimum absolute atomic E-state index is 0.0791. The molecule has 1 aliphatic rings. The SMILES string of the molecule is CSc1cccc(NC(=O)c2ccc3c(c2)CCCN3C(=O)c2cccc(Cl)c2)c1. The molecule has 0 fully saturated rings. The Morgan fingerprint density at radius 1 is 1.00 bits per heavy atom. The van der Waals surface area contributed by atoms with Crippen molar-refractivity contribution in [2.75, 3.05) is 23.0 Å². The molecule has 0 unspecified atom stereocenters. The molecule has 0 spiro atoms. The highest BCUT2D eigenvalue weighted by Gasteiger charge is 2.24. The molecule has 2 amide bonds. The van der Waals surface area contributed by atoms with Gasteiger partial charge in [0, 0.05) is 39.0 Å². The number of thioether (sulfide) groups is 1. The highest BCUT2D eigenvalue weighted by Crippen LogP contribution is 2.30. The lowest BCUT2D eigenvalue weighted by Crippen LogP contribution is -2.35. The van der Waals surface area contributed by atoms with E-state index in [2.05, 4.69) is 5.32 Å². The third-order valence-corrected chi connectivity index (χ3v) is 6.07. The molecule has 1 heterocycles. The molecule has 3 aromatic carbocycles. The van der Waals surface area contributed by atoms with E-state index >= 15 is 0 Å². The molecule has 30 heavy (non-hydrogen) atoms. The van der Waals surface area contributed by atoms with Crippen molar-refractivity contribution in [3.63, 3.8) is 0 Å². The predicted molar refractivity (Wildman–Crippen MR) is 124 cm³/mol. The molecular formula is C24H21ClN2O2S. The molecule has 0 radical (unpaired) electrons. The van der Waals surface area contributed by atoms with E-state index < -0.39 is 0 Å². The quantitative estimate of drug-likeness (QED) is 0.517. The van der Waals surface area contributed by atoms with Gasteiger partial charge in [-0.25, -0.2) is 0 Å². The van der Waals surface area contributed by atoms with Crippen molar-refractivity contribution in [3.8, 4) is 0 Å². The second-order valence-electron chi connectivity index (χ2n) is 7.10. The van der Waals surface area contributed by atoms with Crippen molar-refractivity contribution in [1.29, 1.82) is 0 Å². The zero-order valence-electron chi connectivity index (χ0n) is 16.5. The van der Waals surface area contributed by atoms with Gasteiger partial charge in [0.1, 0.15) is 0 Å². The summed E-state index contributed by atoms with van der Waals surface area (Å²) in [5.41, 5.74) is 3.77. The van der Waals surface area contributed by atoms with Crippen LogP contribution in [0.5, 0.6) is 0 Å². The van der Waals surface area contributed by atoms with Gasteiger partial charge in [0.15, 0.2) is 0 Å². The first kappa shape index (κ1) is 20.5. The molecule has 6 heteroatoms. The normalized spacial score (nSPS) is 12.9. The van der Waals surface area contributed by atoms with Crippen molar-refractivity contribution in [2.45, 2.75) is 17.7 Å². The van der Waals surface area contributed by atoms with Crippen molar-refractivity contribution < 1.29 is 9.59 Å². The van der Waals surface area contributed by atoms with Crippen LogP contribution in [0, 0.1) is 0 Å². The van der Waals surface area contributed by atoms with Crippen LogP contribution in [0.2, 0.25) is 5.02 Å². The summed E-state index contributed by atoms with van der Waals surface area (Å²) in [6, 6.07) is 20.3. The second-order valence-corrected chi connectivity index (χ2v) is 8.42. The van der Waals surface area contributed by atoms with E-state index in [4.69, 9.17) is 11.6 Å². The van der Waals surface area contributed by atoms with Crippen LogP contribution < -0.4 is 10.2 Å². The van der Waals surface area contributed by atoms with E-state index in [-0.39, 0.29) is 11.8 Å². The summed E-state index contributed by atoms with van der Waals surface area (Å²) in [5.74, 6) is -0.237. The number of halogens is 1. The summed E-state index contributed by atoms with van der Waals surface area (Å²) in [7, 11) is 0. The number of carbonyl (C=O) groups is 2. The highest BCUT2D eigenvalue weighted by atomic mass is 35.5. The van der Waals surface area contributed by atoms with E-state index in [9.17, 15) is 9.59 Å². The van der Waals surface area contributed by atoms with Gasteiger partial charge in [-0.3, -0.25) is 9.59 Å². The van der Waals surface area contributed by atoms with Crippen LogP contribution >= 0.6 is 23.4 Å². The molecule has 4 rings (SSSR count). The number of fused-ring (bicyclic) bond motifs is 1. The minimum Gasteiger partial charge on any atom is -0.322 e. The van der Waals surface area contributed by atoms with E-state index in [1.54, 1.807) is 47.0 Å². The van der Waals surface area contributed by atoms with E-state index in [0.717, 1.165) is 34.7 Å². The van der Waals surface area contributed by atoms with E-state index in [1.807, 2.05) is 42.7 Å². The fourth-order valence-electron chi connectivity index (χ4n) is 3.63. The molecule has 152 valence electrons. The molecule has 3 aromatic rings. The maximum atomic E-state index is 13.0. The molecule has 0 aromatic heterocycles. The Hall–Kier alpha value is -2.76. The number of rotatable bonds is 4. The minimum atomic E-state index is -0.158. The first-order valence-corrected chi connectivity index (χ1v) is 11.3. The summed E-state index contributed by atoms with van der Waals surface area (Å²) < 4.78 is 0. The summed E-state index contributed by atoms with van der Waals surface area (Å²) in [4.78, 5) is 28.6. The van der Waals surface area contributed by atoms with Gasteiger partial charge in [-0.1, -0.05) is 23.7 Å². The number of amides is 2. The Balaban J connectivity index is 1.57.